The van der Waals surface area contributed by atoms with Gasteiger partial charge in [0.15, 0.2) is 0 Å². The van der Waals surface area contributed by atoms with E-state index in [0.29, 0.717) is 11.4 Å². The Kier molecular flexibility index (Phi) is 5.30. The summed E-state index contributed by atoms with van der Waals surface area (Å²) in [5.74, 6) is 0.230. The van der Waals surface area contributed by atoms with Crippen molar-refractivity contribution in [1.29, 1.82) is 0 Å². The Morgan fingerprint density at radius 1 is 1.00 bits per heavy atom. The van der Waals surface area contributed by atoms with Crippen molar-refractivity contribution in [3.8, 4) is 11.5 Å². The largest absolute Gasteiger partial charge is 0.496 e. The van der Waals surface area contributed by atoms with Gasteiger partial charge in [0.25, 0.3) is 15.9 Å². The molecule has 0 saturated heterocycles. The molecule has 0 radical (unpaired) electrons. The lowest BCUT2D eigenvalue weighted by molar-refractivity contribution is 0.0960. The first-order chi connectivity index (χ1) is 11.4. The summed E-state index contributed by atoms with van der Waals surface area (Å²) >= 11 is 0. The Labute approximate surface area is 140 Å². The number of hydrogen-bond acceptors (Lipinski definition) is 5. The lowest BCUT2D eigenvalue weighted by Gasteiger charge is -2.13. The molecule has 0 heterocycles. The van der Waals surface area contributed by atoms with Crippen LogP contribution in [-0.4, -0.2) is 35.6 Å². The lowest BCUT2D eigenvalue weighted by Crippen LogP contribution is -2.20. The second-order valence-electron chi connectivity index (χ2n) is 4.75. The fourth-order valence-corrected chi connectivity index (χ4v) is 3.20. The van der Waals surface area contributed by atoms with Crippen molar-refractivity contribution in [2.45, 2.75) is 4.90 Å². The van der Waals surface area contributed by atoms with Gasteiger partial charge in [0.2, 0.25) is 0 Å². The van der Waals surface area contributed by atoms with Gasteiger partial charge >= 0.3 is 0 Å². The van der Waals surface area contributed by atoms with Crippen LogP contribution in [0.15, 0.2) is 47.4 Å². The van der Waals surface area contributed by atoms with E-state index in [9.17, 15) is 13.2 Å². The molecule has 0 unspecified atom stereocenters. The van der Waals surface area contributed by atoms with Crippen molar-refractivity contribution in [3.63, 3.8) is 0 Å². The van der Waals surface area contributed by atoms with Crippen LogP contribution in [0.1, 0.15) is 10.4 Å². The molecule has 0 aromatic heterocycles. The van der Waals surface area contributed by atoms with E-state index < -0.39 is 15.9 Å². The van der Waals surface area contributed by atoms with Crippen molar-refractivity contribution < 1.29 is 22.7 Å². The number of anilines is 1. The molecule has 0 aliphatic carbocycles. The van der Waals surface area contributed by atoms with E-state index >= 15 is 0 Å². The molecule has 128 valence electrons. The van der Waals surface area contributed by atoms with Gasteiger partial charge in [-0.2, -0.15) is 0 Å². The number of hydrogen-bond donors (Lipinski definition) is 2. The van der Waals surface area contributed by atoms with Crippen molar-refractivity contribution in [1.82, 2.24) is 5.32 Å². The van der Waals surface area contributed by atoms with Crippen molar-refractivity contribution in [2.24, 2.45) is 0 Å². The highest BCUT2D eigenvalue weighted by atomic mass is 32.2. The Morgan fingerprint density at radius 2 is 1.67 bits per heavy atom. The van der Waals surface area contributed by atoms with Gasteiger partial charge < -0.3 is 14.8 Å². The highest BCUT2D eigenvalue weighted by Crippen LogP contribution is 2.28. The Balaban J connectivity index is 2.44. The third kappa shape index (κ3) is 3.60. The molecule has 0 fully saturated rings. The predicted molar refractivity (Wildman–Crippen MR) is 90.2 cm³/mol. The molecular weight excluding hydrogens is 332 g/mol. The van der Waals surface area contributed by atoms with E-state index in [2.05, 4.69) is 10.0 Å². The average molecular weight is 350 g/mol. The highest BCUT2D eigenvalue weighted by Gasteiger charge is 2.20. The summed E-state index contributed by atoms with van der Waals surface area (Å²) in [5, 5.41) is 2.45. The molecule has 2 aromatic carbocycles. The fourth-order valence-electron chi connectivity index (χ4n) is 2.10. The van der Waals surface area contributed by atoms with Gasteiger partial charge in [-0.15, -0.1) is 0 Å². The molecule has 2 rings (SSSR count). The van der Waals surface area contributed by atoms with Crippen LogP contribution in [0.2, 0.25) is 0 Å². The summed E-state index contributed by atoms with van der Waals surface area (Å²) in [4.78, 5) is 11.8. The summed E-state index contributed by atoms with van der Waals surface area (Å²) in [5.41, 5.74) is 0.431. The molecule has 24 heavy (non-hydrogen) atoms. The molecular formula is C16H18N2O5S. The van der Waals surface area contributed by atoms with Crippen LogP contribution in [0.3, 0.4) is 0 Å². The number of carbonyl (C=O) groups excluding carboxylic acids is 1. The molecule has 0 saturated carbocycles. The minimum Gasteiger partial charge on any atom is -0.496 e. The van der Waals surface area contributed by atoms with E-state index in [0.717, 1.165) is 0 Å². The van der Waals surface area contributed by atoms with Crippen LogP contribution in [0.5, 0.6) is 11.5 Å². The topological polar surface area (TPSA) is 93.7 Å². The summed E-state index contributed by atoms with van der Waals surface area (Å²) in [6.07, 6.45) is 0. The summed E-state index contributed by atoms with van der Waals surface area (Å²) in [6, 6.07) is 10.7. The van der Waals surface area contributed by atoms with Gasteiger partial charge in [0, 0.05) is 7.05 Å². The van der Waals surface area contributed by atoms with Gasteiger partial charge in [0.1, 0.15) is 11.5 Å². The normalized spacial score (nSPS) is 10.8. The quantitative estimate of drug-likeness (QED) is 0.829. The van der Waals surface area contributed by atoms with Crippen molar-refractivity contribution in [3.05, 3.63) is 48.0 Å². The maximum atomic E-state index is 12.6. The van der Waals surface area contributed by atoms with Gasteiger partial charge in [0.05, 0.1) is 30.4 Å². The molecule has 0 atom stereocenters. The molecule has 0 spiro atoms. The van der Waals surface area contributed by atoms with Crippen LogP contribution in [0.25, 0.3) is 0 Å². The fraction of sp³-hybridized carbons (Fsp3) is 0.188. The van der Waals surface area contributed by atoms with Gasteiger partial charge in [-0.05, 0) is 30.3 Å². The number of benzene rings is 2. The third-order valence-corrected chi connectivity index (χ3v) is 4.67. The zero-order valence-electron chi connectivity index (χ0n) is 13.5. The zero-order chi connectivity index (χ0) is 17.7. The Bertz CT molecular complexity index is 849. The van der Waals surface area contributed by atoms with Crippen LogP contribution in [-0.2, 0) is 10.0 Å². The SMILES string of the molecule is CNC(=O)c1cc(S(=O)(=O)Nc2ccccc2OC)ccc1OC. The molecule has 0 bridgehead atoms. The average Bonchev–Trinajstić information content (AvgIpc) is 2.60. The molecule has 7 nitrogen and oxygen atoms in total. The van der Waals surface area contributed by atoms with E-state index in [1.165, 1.54) is 39.5 Å². The summed E-state index contributed by atoms with van der Waals surface area (Å²) < 4.78 is 37.9. The first-order valence-electron chi connectivity index (χ1n) is 6.99. The second-order valence-corrected chi connectivity index (χ2v) is 6.43. The highest BCUT2D eigenvalue weighted by molar-refractivity contribution is 7.92. The first kappa shape index (κ1) is 17.6. The number of carbonyl (C=O) groups is 1. The van der Waals surface area contributed by atoms with E-state index in [-0.39, 0.29) is 16.2 Å². The smallest absolute Gasteiger partial charge is 0.262 e. The molecule has 1 amide bonds. The number of sulfonamides is 1. The zero-order valence-corrected chi connectivity index (χ0v) is 14.3. The van der Waals surface area contributed by atoms with E-state index in [1.54, 1.807) is 24.3 Å². The molecule has 2 N–H and O–H groups in total. The summed E-state index contributed by atoms with van der Waals surface area (Å²) in [6.45, 7) is 0. The minimum atomic E-state index is -3.90. The number of methoxy groups -OCH3 is 2. The Hall–Kier alpha value is -2.74. The van der Waals surface area contributed by atoms with E-state index in [4.69, 9.17) is 9.47 Å². The van der Waals surface area contributed by atoms with Gasteiger partial charge in [-0.1, -0.05) is 12.1 Å². The maximum Gasteiger partial charge on any atom is 0.262 e. The minimum absolute atomic E-state index is 0.0622. The summed E-state index contributed by atoms with van der Waals surface area (Å²) in [7, 11) is 0.408. The second kappa shape index (κ2) is 7.22. The number of para-hydroxylation sites is 2. The predicted octanol–water partition coefficient (Wildman–Crippen LogP) is 1.86. The first-order valence-corrected chi connectivity index (χ1v) is 8.47. The molecule has 8 heteroatoms. The molecule has 0 aliphatic heterocycles. The molecule has 2 aromatic rings. The Morgan fingerprint density at radius 3 is 2.29 bits per heavy atom. The third-order valence-electron chi connectivity index (χ3n) is 3.30. The van der Waals surface area contributed by atoms with Crippen LogP contribution in [0, 0.1) is 0 Å². The standard InChI is InChI=1S/C16H18N2O5S/c1-17-16(19)12-10-11(8-9-14(12)22-2)24(20,21)18-13-6-4-5-7-15(13)23-3/h4-10,18H,1-3H3,(H,17,19). The monoisotopic (exact) mass is 350 g/mol. The van der Waals surface area contributed by atoms with Crippen molar-refractivity contribution in [2.75, 3.05) is 26.0 Å². The lowest BCUT2D eigenvalue weighted by atomic mass is 10.2. The maximum absolute atomic E-state index is 12.6. The van der Waals surface area contributed by atoms with Crippen LogP contribution < -0.4 is 19.5 Å². The van der Waals surface area contributed by atoms with Gasteiger partial charge in [-0.3, -0.25) is 9.52 Å². The van der Waals surface area contributed by atoms with Gasteiger partial charge in [-0.25, -0.2) is 8.42 Å². The number of ether oxygens (including phenoxy) is 2. The van der Waals surface area contributed by atoms with Crippen molar-refractivity contribution >= 4 is 21.6 Å². The number of rotatable bonds is 6. The van der Waals surface area contributed by atoms with Crippen LogP contribution >= 0.6 is 0 Å². The van der Waals surface area contributed by atoms with E-state index in [1.807, 2.05) is 0 Å². The molecule has 0 aliphatic rings. The number of amides is 1. The number of nitrogens with one attached hydrogen (secondary N) is 2. The van der Waals surface area contributed by atoms with Crippen LogP contribution in [0.4, 0.5) is 5.69 Å².